The zero-order valence-corrected chi connectivity index (χ0v) is 10.3. The Hall–Kier alpha value is -1.81. The lowest BCUT2D eigenvalue weighted by molar-refractivity contribution is 1.25. The number of rotatable bonds is 5. The van der Waals surface area contributed by atoms with Gasteiger partial charge in [-0.25, -0.2) is 0 Å². The summed E-state index contributed by atoms with van der Waals surface area (Å²) in [5.41, 5.74) is 6.70. The second-order valence-electron chi connectivity index (χ2n) is 3.07. The van der Waals surface area contributed by atoms with Crippen LogP contribution < -0.4 is 5.73 Å². The van der Waals surface area contributed by atoms with Gasteiger partial charge in [-0.05, 0) is 11.6 Å². The molecule has 0 fully saturated rings. The molecule has 1 rings (SSSR count). The molecule has 0 aromatic heterocycles. The molecule has 0 radical (unpaired) electrons. The number of allylic oxidation sites excluding steroid dienone is 1. The fourth-order valence-corrected chi connectivity index (χ4v) is 1.41. The maximum Gasteiger partial charge on any atom is 0.180 e. The molecule has 1 aromatic rings. The molecule has 0 aliphatic heterocycles. The van der Waals surface area contributed by atoms with Crippen LogP contribution in [0.4, 0.5) is 0 Å². The molecule has 3 nitrogen and oxygen atoms in total. The van der Waals surface area contributed by atoms with Crippen LogP contribution in [0.1, 0.15) is 5.56 Å². The Morgan fingerprint density at radius 1 is 1.35 bits per heavy atom. The monoisotopic (exact) mass is 245 g/mol. The topological polar surface area (TPSA) is 50.7 Å². The minimum Gasteiger partial charge on any atom is -0.377 e. The van der Waals surface area contributed by atoms with Crippen LogP contribution in [-0.2, 0) is 0 Å². The van der Waals surface area contributed by atoms with Gasteiger partial charge in [0.2, 0.25) is 0 Å². The second kappa shape index (κ2) is 8.35. The lowest BCUT2D eigenvalue weighted by Gasteiger charge is -1.91. The van der Waals surface area contributed by atoms with Crippen molar-refractivity contribution in [2.75, 3.05) is 5.75 Å². The molecule has 1 aromatic carbocycles. The number of nitrogens with two attached hydrogens (primary N) is 1. The van der Waals surface area contributed by atoms with Gasteiger partial charge in [0, 0.05) is 12.0 Å². The number of amidine groups is 1. The van der Waals surface area contributed by atoms with E-state index < -0.39 is 0 Å². The largest absolute Gasteiger partial charge is 0.377 e. The second-order valence-corrected chi connectivity index (χ2v) is 4.11. The van der Waals surface area contributed by atoms with E-state index in [9.17, 15) is 0 Å². The average Bonchev–Trinajstić information content (AvgIpc) is 2.37. The summed E-state index contributed by atoms with van der Waals surface area (Å²) in [6.45, 7) is 3.59. The van der Waals surface area contributed by atoms with Crippen LogP contribution in [0.3, 0.4) is 0 Å². The first kappa shape index (κ1) is 13.3. The zero-order chi connectivity index (χ0) is 12.3. The first-order chi connectivity index (χ1) is 8.33. The van der Waals surface area contributed by atoms with E-state index in [1.165, 1.54) is 11.8 Å². The predicted molar refractivity (Wildman–Crippen MR) is 78.2 cm³/mol. The van der Waals surface area contributed by atoms with Crippen molar-refractivity contribution >= 4 is 29.2 Å². The van der Waals surface area contributed by atoms with Crippen molar-refractivity contribution in [3.63, 3.8) is 0 Å². The van der Waals surface area contributed by atoms with E-state index in [1.807, 2.05) is 42.5 Å². The van der Waals surface area contributed by atoms with E-state index in [0.717, 1.165) is 11.3 Å². The van der Waals surface area contributed by atoms with Gasteiger partial charge in [-0.2, -0.15) is 5.10 Å². The zero-order valence-electron chi connectivity index (χ0n) is 9.49. The molecule has 88 valence electrons. The minimum absolute atomic E-state index is 0.439. The third kappa shape index (κ3) is 6.37. The normalized spacial score (nSPS) is 12.4. The molecule has 0 spiro atoms. The third-order valence-electron chi connectivity index (χ3n) is 1.75. The van der Waals surface area contributed by atoms with Crippen molar-refractivity contribution in [1.82, 2.24) is 0 Å². The molecule has 17 heavy (non-hydrogen) atoms. The van der Waals surface area contributed by atoms with Crippen molar-refractivity contribution < 1.29 is 0 Å². The Morgan fingerprint density at radius 2 is 2.12 bits per heavy atom. The molecule has 0 saturated carbocycles. The highest BCUT2D eigenvalue weighted by Crippen LogP contribution is 2.00. The van der Waals surface area contributed by atoms with Crippen LogP contribution >= 0.6 is 11.8 Å². The molecule has 0 atom stereocenters. The van der Waals surface area contributed by atoms with Crippen LogP contribution in [0.25, 0.3) is 6.08 Å². The lowest BCUT2D eigenvalue weighted by Crippen LogP contribution is -2.05. The van der Waals surface area contributed by atoms with Crippen molar-refractivity contribution in [2.45, 2.75) is 0 Å². The Labute approximate surface area is 106 Å². The Kier molecular flexibility index (Phi) is 6.51. The van der Waals surface area contributed by atoms with E-state index in [-0.39, 0.29) is 0 Å². The number of benzene rings is 1. The van der Waals surface area contributed by atoms with Crippen LogP contribution in [-0.4, -0.2) is 17.1 Å². The number of thioether (sulfide) groups is 1. The first-order valence-corrected chi connectivity index (χ1v) is 6.13. The molecular formula is C13H15N3S. The van der Waals surface area contributed by atoms with Crippen LogP contribution in [0.15, 0.2) is 59.3 Å². The van der Waals surface area contributed by atoms with Gasteiger partial charge in [-0.1, -0.05) is 54.2 Å². The summed E-state index contributed by atoms with van der Waals surface area (Å²) in [6, 6.07) is 9.98. The Balaban J connectivity index is 2.40. The smallest absolute Gasteiger partial charge is 0.180 e. The maximum absolute atomic E-state index is 5.58. The Bertz CT molecular complexity index is 422. The van der Waals surface area contributed by atoms with E-state index in [2.05, 4.69) is 16.8 Å². The SMILES string of the molecule is C=CCSC(N)=N/N=C\C=C\c1ccccc1. The molecule has 2 N–H and O–H groups in total. The highest BCUT2D eigenvalue weighted by Gasteiger charge is 1.87. The van der Waals surface area contributed by atoms with Crippen molar-refractivity contribution in [3.05, 3.63) is 54.6 Å². The van der Waals surface area contributed by atoms with Gasteiger partial charge >= 0.3 is 0 Å². The third-order valence-corrected chi connectivity index (χ3v) is 2.53. The molecule has 4 heteroatoms. The molecule has 0 heterocycles. The Morgan fingerprint density at radius 3 is 2.82 bits per heavy atom. The average molecular weight is 245 g/mol. The first-order valence-electron chi connectivity index (χ1n) is 5.15. The quantitative estimate of drug-likeness (QED) is 0.375. The van der Waals surface area contributed by atoms with Gasteiger partial charge in [0.25, 0.3) is 0 Å². The highest BCUT2D eigenvalue weighted by atomic mass is 32.2. The van der Waals surface area contributed by atoms with Gasteiger partial charge in [0.15, 0.2) is 5.17 Å². The molecule has 0 amide bonds. The van der Waals surface area contributed by atoms with Gasteiger partial charge in [-0.15, -0.1) is 11.7 Å². The molecule has 0 bridgehead atoms. The van der Waals surface area contributed by atoms with Crippen LogP contribution in [0.5, 0.6) is 0 Å². The van der Waals surface area contributed by atoms with Crippen LogP contribution in [0, 0.1) is 0 Å². The summed E-state index contributed by atoms with van der Waals surface area (Å²) >= 11 is 1.40. The highest BCUT2D eigenvalue weighted by molar-refractivity contribution is 8.13. The molecule has 0 unspecified atom stereocenters. The number of nitrogens with zero attached hydrogens (tertiary/aromatic N) is 2. The van der Waals surface area contributed by atoms with Gasteiger partial charge in [0.1, 0.15) is 0 Å². The predicted octanol–water partition coefficient (Wildman–Crippen LogP) is 2.92. The lowest BCUT2D eigenvalue weighted by atomic mass is 10.2. The van der Waals surface area contributed by atoms with Crippen molar-refractivity contribution in [3.8, 4) is 0 Å². The summed E-state index contributed by atoms with van der Waals surface area (Å²) in [7, 11) is 0. The molecule has 0 aliphatic rings. The fourth-order valence-electron chi connectivity index (χ4n) is 1.02. The summed E-state index contributed by atoms with van der Waals surface area (Å²) in [5.74, 6) is 0.741. The summed E-state index contributed by atoms with van der Waals surface area (Å²) < 4.78 is 0. The summed E-state index contributed by atoms with van der Waals surface area (Å²) in [4.78, 5) is 0. The van der Waals surface area contributed by atoms with Gasteiger partial charge < -0.3 is 5.73 Å². The van der Waals surface area contributed by atoms with E-state index in [4.69, 9.17) is 5.73 Å². The van der Waals surface area contributed by atoms with Crippen LogP contribution in [0.2, 0.25) is 0 Å². The van der Waals surface area contributed by atoms with E-state index in [0.29, 0.717) is 5.17 Å². The van der Waals surface area contributed by atoms with Gasteiger partial charge in [0.05, 0.1) is 0 Å². The summed E-state index contributed by atoms with van der Waals surface area (Å²) in [6.07, 6.45) is 7.15. The fraction of sp³-hybridized carbons (Fsp3) is 0.0769. The molecule has 0 aliphatic carbocycles. The molecule has 0 saturated heterocycles. The molecular weight excluding hydrogens is 230 g/mol. The number of hydrogen-bond donors (Lipinski definition) is 1. The van der Waals surface area contributed by atoms with Crippen molar-refractivity contribution in [1.29, 1.82) is 0 Å². The standard InChI is InChI=1S/C13H15N3S/c1-2-11-17-13(14)16-15-10-6-9-12-7-4-3-5-8-12/h2-10H,1,11H2,(H2,14,16)/b9-6+,15-10-. The minimum atomic E-state index is 0.439. The maximum atomic E-state index is 5.58. The van der Waals surface area contributed by atoms with E-state index in [1.54, 1.807) is 12.3 Å². The van der Waals surface area contributed by atoms with Crippen molar-refractivity contribution in [2.24, 2.45) is 15.9 Å². The van der Waals surface area contributed by atoms with E-state index >= 15 is 0 Å². The summed E-state index contributed by atoms with van der Waals surface area (Å²) in [5, 5.41) is 8.10. The number of hydrogen-bond acceptors (Lipinski definition) is 3. The van der Waals surface area contributed by atoms with Gasteiger partial charge in [-0.3, -0.25) is 0 Å².